The number of carbonyl (C=O) groups excluding carboxylic acids is 1. The second-order valence-electron chi connectivity index (χ2n) is 3.68. The molecule has 0 aliphatic rings. The van der Waals surface area contributed by atoms with Gasteiger partial charge in [0.1, 0.15) is 6.29 Å². The molecule has 10 heavy (non-hydrogen) atoms. The number of rotatable bonds is 4. The predicted octanol–water partition coefficient (Wildman–Crippen LogP) is 1.21. The first-order valence-corrected chi connectivity index (χ1v) is 3.70. The van der Waals surface area contributed by atoms with Crippen molar-refractivity contribution >= 4 is 6.29 Å². The summed E-state index contributed by atoms with van der Waals surface area (Å²) in [5.41, 5.74) is 0.371. The Hall–Kier alpha value is -0.370. The van der Waals surface area contributed by atoms with Crippen LogP contribution >= 0.6 is 0 Å². The summed E-state index contributed by atoms with van der Waals surface area (Å²) >= 11 is 0. The minimum absolute atomic E-state index is 0.371. The molecule has 0 aromatic carbocycles. The average molecular weight is 143 g/mol. The Morgan fingerprint density at radius 1 is 1.40 bits per heavy atom. The van der Waals surface area contributed by atoms with Gasteiger partial charge in [0, 0.05) is 0 Å². The fourth-order valence-corrected chi connectivity index (χ4v) is 0.624. The smallest absolute Gasteiger partial charge is 0.133 e. The molecule has 0 aliphatic carbocycles. The highest BCUT2D eigenvalue weighted by molar-refractivity contribution is 5.51. The van der Waals surface area contributed by atoms with E-state index < -0.39 is 0 Å². The summed E-state index contributed by atoms with van der Waals surface area (Å²) in [6.45, 7) is 7.99. The van der Waals surface area contributed by atoms with Gasteiger partial charge >= 0.3 is 0 Å². The first-order valence-electron chi connectivity index (χ1n) is 3.70. The zero-order valence-electron chi connectivity index (χ0n) is 7.11. The molecule has 0 radical (unpaired) electrons. The molecule has 2 heteroatoms. The number of nitrogens with one attached hydrogen (secondary N) is 1. The van der Waals surface area contributed by atoms with Gasteiger partial charge in [-0.3, -0.25) is 0 Å². The fourth-order valence-electron chi connectivity index (χ4n) is 0.624. The van der Waals surface area contributed by atoms with Crippen molar-refractivity contribution in [3.63, 3.8) is 0 Å². The average Bonchev–Trinajstić information content (AvgIpc) is 1.78. The molecule has 0 amide bonds. The summed E-state index contributed by atoms with van der Waals surface area (Å²) in [6.07, 6.45) is 2.00. The Bertz CT molecular complexity index is 93.9. The number of hydrogen-bond donors (Lipinski definition) is 1. The van der Waals surface area contributed by atoms with Crippen molar-refractivity contribution in [1.82, 2.24) is 5.32 Å². The first-order chi connectivity index (χ1) is 4.56. The molecule has 2 nitrogen and oxygen atoms in total. The third kappa shape index (κ3) is 7.63. The lowest BCUT2D eigenvalue weighted by Crippen LogP contribution is -2.21. The van der Waals surface area contributed by atoms with Crippen LogP contribution in [0.2, 0.25) is 0 Å². The molecule has 0 aromatic heterocycles. The van der Waals surface area contributed by atoms with Gasteiger partial charge in [0.05, 0.1) is 6.54 Å². The molecule has 0 aromatic rings. The van der Waals surface area contributed by atoms with Crippen molar-refractivity contribution in [2.75, 3.05) is 13.1 Å². The summed E-state index contributed by atoms with van der Waals surface area (Å²) < 4.78 is 0. The van der Waals surface area contributed by atoms with E-state index in [1.807, 2.05) is 0 Å². The summed E-state index contributed by atoms with van der Waals surface area (Å²) in [5.74, 6) is 0. The Morgan fingerprint density at radius 3 is 2.40 bits per heavy atom. The molecule has 0 rings (SSSR count). The molecule has 0 saturated heterocycles. The van der Waals surface area contributed by atoms with E-state index in [9.17, 15) is 4.79 Å². The highest BCUT2D eigenvalue weighted by atomic mass is 16.1. The van der Waals surface area contributed by atoms with Gasteiger partial charge in [0.15, 0.2) is 0 Å². The SMILES string of the molecule is CC(C)(C)CCNCC=O. The van der Waals surface area contributed by atoms with E-state index in [0.29, 0.717) is 12.0 Å². The van der Waals surface area contributed by atoms with E-state index in [-0.39, 0.29) is 0 Å². The van der Waals surface area contributed by atoms with Crippen LogP contribution in [0.3, 0.4) is 0 Å². The van der Waals surface area contributed by atoms with Gasteiger partial charge in [0.25, 0.3) is 0 Å². The molecule has 0 heterocycles. The van der Waals surface area contributed by atoms with Crippen molar-refractivity contribution in [3.8, 4) is 0 Å². The predicted molar refractivity (Wildman–Crippen MR) is 43.0 cm³/mol. The molecule has 0 spiro atoms. The molecule has 0 aliphatic heterocycles. The maximum atomic E-state index is 9.87. The highest BCUT2D eigenvalue weighted by Crippen LogP contribution is 2.16. The number of carbonyl (C=O) groups is 1. The van der Waals surface area contributed by atoms with Gasteiger partial charge in [-0.1, -0.05) is 20.8 Å². The Kier molecular flexibility index (Phi) is 4.28. The van der Waals surface area contributed by atoms with Crippen molar-refractivity contribution in [2.45, 2.75) is 27.2 Å². The van der Waals surface area contributed by atoms with E-state index in [4.69, 9.17) is 0 Å². The number of hydrogen-bond acceptors (Lipinski definition) is 2. The van der Waals surface area contributed by atoms with Crippen LogP contribution in [0, 0.1) is 5.41 Å². The zero-order chi connectivity index (χ0) is 8.04. The molecule has 0 atom stereocenters. The van der Waals surface area contributed by atoms with Gasteiger partial charge in [-0.15, -0.1) is 0 Å². The van der Waals surface area contributed by atoms with Crippen molar-refractivity contribution in [1.29, 1.82) is 0 Å². The third-order valence-electron chi connectivity index (χ3n) is 1.28. The van der Waals surface area contributed by atoms with E-state index in [2.05, 4.69) is 26.1 Å². The molecular weight excluding hydrogens is 126 g/mol. The van der Waals surface area contributed by atoms with Crippen LogP contribution in [-0.4, -0.2) is 19.4 Å². The van der Waals surface area contributed by atoms with Crippen LogP contribution in [0.1, 0.15) is 27.2 Å². The maximum Gasteiger partial charge on any atom is 0.133 e. The molecular formula is C8H17NO. The summed E-state index contributed by atoms with van der Waals surface area (Å²) in [7, 11) is 0. The van der Waals surface area contributed by atoms with E-state index in [1.165, 1.54) is 0 Å². The van der Waals surface area contributed by atoms with Gasteiger partial charge < -0.3 is 10.1 Å². The van der Waals surface area contributed by atoms with Crippen LogP contribution in [0.25, 0.3) is 0 Å². The second-order valence-corrected chi connectivity index (χ2v) is 3.68. The van der Waals surface area contributed by atoms with E-state index in [1.54, 1.807) is 0 Å². The van der Waals surface area contributed by atoms with Gasteiger partial charge in [-0.25, -0.2) is 0 Å². The van der Waals surface area contributed by atoms with Crippen molar-refractivity contribution in [2.24, 2.45) is 5.41 Å². The lowest BCUT2D eigenvalue weighted by Gasteiger charge is -2.17. The Balaban J connectivity index is 3.12. The second kappa shape index (κ2) is 4.45. The van der Waals surface area contributed by atoms with Crippen molar-refractivity contribution in [3.05, 3.63) is 0 Å². The van der Waals surface area contributed by atoms with Gasteiger partial charge in [-0.05, 0) is 18.4 Å². The molecule has 0 saturated carbocycles. The van der Waals surface area contributed by atoms with E-state index in [0.717, 1.165) is 19.3 Å². The summed E-state index contributed by atoms with van der Waals surface area (Å²) in [5, 5.41) is 3.02. The maximum absolute atomic E-state index is 9.87. The molecule has 1 N–H and O–H groups in total. The monoisotopic (exact) mass is 143 g/mol. The third-order valence-corrected chi connectivity index (χ3v) is 1.28. The minimum Gasteiger partial charge on any atom is -0.310 e. The van der Waals surface area contributed by atoms with E-state index >= 15 is 0 Å². The van der Waals surface area contributed by atoms with Crippen LogP contribution in [0.15, 0.2) is 0 Å². The summed E-state index contributed by atoms with van der Waals surface area (Å²) in [4.78, 5) is 9.87. The van der Waals surface area contributed by atoms with Crippen molar-refractivity contribution < 1.29 is 4.79 Å². The normalized spacial score (nSPS) is 11.5. The first kappa shape index (κ1) is 9.63. The quantitative estimate of drug-likeness (QED) is 0.473. The topological polar surface area (TPSA) is 29.1 Å². The lowest BCUT2D eigenvalue weighted by atomic mass is 9.92. The Labute approximate surface area is 63.0 Å². The van der Waals surface area contributed by atoms with Crippen LogP contribution in [0.4, 0.5) is 0 Å². The zero-order valence-corrected chi connectivity index (χ0v) is 7.11. The molecule has 0 unspecified atom stereocenters. The number of aldehydes is 1. The Morgan fingerprint density at radius 2 is 2.00 bits per heavy atom. The standard InChI is InChI=1S/C8H17NO/c1-8(2,3)4-5-9-6-7-10/h7,9H,4-6H2,1-3H3. The fraction of sp³-hybridized carbons (Fsp3) is 0.875. The van der Waals surface area contributed by atoms with Crippen LogP contribution in [0.5, 0.6) is 0 Å². The van der Waals surface area contributed by atoms with Crippen LogP contribution < -0.4 is 5.32 Å². The summed E-state index contributed by atoms with van der Waals surface area (Å²) in [6, 6.07) is 0. The molecule has 60 valence electrons. The lowest BCUT2D eigenvalue weighted by molar-refractivity contribution is -0.107. The molecule has 0 bridgehead atoms. The largest absolute Gasteiger partial charge is 0.310 e. The van der Waals surface area contributed by atoms with Crippen LogP contribution in [-0.2, 0) is 4.79 Å². The van der Waals surface area contributed by atoms with Gasteiger partial charge in [-0.2, -0.15) is 0 Å². The van der Waals surface area contributed by atoms with Gasteiger partial charge in [0.2, 0.25) is 0 Å². The highest BCUT2D eigenvalue weighted by Gasteiger charge is 2.07. The molecule has 0 fully saturated rings. The minimum atomic E-state index is 0.371.